The molecule has 5 heteroatoms. The summed E-state index contributed by atoms with van der Waals surface area (Å²) in [6.45, 7) is 4.11. The first-order chi connectivity index (χ1) is 9.63. The number of rotatable bonds is 5. The molecular formula is C15H19N3O2. The van der Waals surface area contributed by atoms with Gasteiger partial charge in [0.15, 0.2) is 0 Å². The van der Waals surface area contributed by atoms with Crippen molar-refractivity contribution in [1.29, 1.82) is 0 Å². The van der Waals surface area contributed by atoms with Crippen LogP contribution >= 0.6 is 0 Å². The molecule has 0 aliphatic carbocycles. The summed E-state index contributed by atoms with van der Waals surface area (Å²) in [5.41, 5.74) is 3.02. The van der Waals surface area contributed by atoms with Crippen molar-refractivity contribution in [2.24, 2.45) is 0 Å². The van der Waals surface area contributed by atoms with Crippen LogP contribution in [0.2, 0.25) is 0 Å². The van der Waals surface area contributed by atoms with E-state index in [1.54, 1.807) is 25.5 Å². The Morgan fingerprint density at radius 2 is 2.00 bits per heavy atom. The van der Waals surface area contributed by atoms with Crippen LogP contribution in [-0.2, 0) is 13.2 Å². The minimum Gasteiger partial charge on any atom is -0.506 e. The molecule has 3 N–H and O–H groups in total. The molecule has 1 atom stereocenters. The maximum absolute atomic E-state index is 10.1. The summed E-state index contributed by atoms with van der Waals surface area (Å²) in [4.78, 5) is 8.04. The Balaban J connectivity index is 2.13. The smallest absolute Gasteiger partial charge is 0.141 e. The summed E-state index contributed by atoms with van der Waals surface area (Å²) >= 11 is 0. The van der Waals surface area contributed by atoms with Crippen LogP contribution in [0.4, 0.5) is 0 Å². The first-order valence-electron chi connectivity index (χ1n) is 6.54. The van der Waals surface area contributed by atoms with E-state index in [4.69, 9.17) is 0 Å². The molecule has 0 aromatic carbocycles. The fourth-order valence-electron chi connectivity index (χ4n) is 2.04. The molecule has 0 radical (unpaired) electrons. The Hall–Kier alpha value is -1.98. The summed E-state index contributed by atoms with van der Waals surface area (Å²) in [7, 11) is 0. The van der Waals surface area contributed by atoms with Crippen LogP contribution in [0, 0.1) is 6.92 Å². The summed E-state index contributed by atoms with van der Waals surface area (Å²) in [6, 6.07) is 4.02. The third-order valence-electron chi connectivity index (χ3n) is 3.39. The van der Waals surface area contributed by atoms with E-state index in [0.717, 1.165) is 5.56 Å². The minimum atomic E-state index is -0.137. The fraction of sp³-hybridized carbons (Fsp3) is 0.333. The van der Waals surface area contributed by atoms with Gasteiger partial charge in [-0.1, -0.05) is 0 Å². The summed E-state index contributed by atoms with van der Waals surface area (Å²) in [6.07, 6.45) is 5.10. The van der Waals surface area contributed by atoms with Gasteiger partial charge in [0.1, 0.15) is 5.75 Å². The lowest BCUT2D eigenvalue weighted by Crippen LogP contribution is -2.19. The average Bonchev–Trinajstić information content (AvgIpc) is 2.49. The lowest BCUT2D eigenvalue weighted by atomic mass is 10.1. The zero-order valence-electron chi connectivity index (χ0n) is 11.7. The third-order valence-corrected chi connectivity index (χ3v) is 3.39. The van der Waals surface area contributed by atoms with Crippen molar-refractivity contribution in [1.82, 2.24) is 15.3 Å². The Morgan fingerprint density at radius 3 is 2.65 bits per heavy atom. The molecule has 0 bridgehead atoms. The molecule has 20 heavy (non-hydrogen) atoms. The van der Waals surface area contributed by atoms with Crippen molar-refractivity contribution < 1.29 is 10.2 Å². The highest BCUT2D eigenvalue weighted by molar-refractivity contribution is 5.40. The number of aromatic nitrogens is 2. The zero-order chi connectivity index (χ0) is 14.5. The van der Waals surface area contributed by atoms with Gasteiger partial charge in [-0.25, -0.2) is 0 Å². The molecule has 2 aromatic rings. The minimum absolute atomic E-state index is 0.123. The summed E-state index contributed by atoms with van der Waals surface area (Å²) < 4.78 is 0. The van der Waals surface area contributed by atoms with Gasteiger partial charge >= 0.3 is 0 Å². The van der Waals surface area contributed by atoms with Crippen molar-refractivity contribution in [2.75, 3.05) is 0 Å². The highest BCUT2D eigenvalue weighted by Gasteiger charge is 2.12. The van der Waals surface area contributed by atoms with Crippen LogP contribution in [0.3, 0.4) is 0 Å². The number of hydrogen-bond donors (Lipinski definition) is 3. The molecule has 0 fully saturated rings. The maximum atomic E-state index is 10.1. The molecule has 2 aromatic heterocycles. The number of aromatic hydroxyl groups is 1. The van der Waals surface area contributed by atoms with E-state index < -0.39 is 0 Å². The number of hydrogen-bond acceptors (Lipinski definition) is 5. The second-order valence-electron chi connectivity index (χ2n) is 4.74. The van der Waals surface area contributed by atoms with Gasteiger partial charge in [-0.3, -0.25) is 9.97 Å². The van der Waals surface area contributed by atoms with Gasteiger partial charge in [-0.2, -0.15) is 0 Å². The predicted molar refractivity (Wildman–Crippen MR) is 76.1 cm³/mol. The summed E-state index contributed by atoms with van der Waals surface area (Å²) in [5, 5.41) is 22.7. The molecule has 5 nitrogen and oxygen atoms in total. The van der Waals surface area contributed by atoms with Crippen LogP contribution in [0.15, 0.2) is 30.7 Å². The second-order valence-corrected chi connectivity index (χ2v) is 4.74. The normalized spacial score (nSPS) is 12.3. The monoisotopic (exact) mass is 273 g/mol. The molecule has 0 saturated heterocycles. The molecule has 0 aliphatic heterocycles. The number of aliphatic hydroxyl groups is 1. The Kier molecular flexibility index (Phi) is 4.65. The molecular weight excluding hydrogens is 254 g/mol. The maximum Gasteiger partial charge on any atom is 0.141 e. The highest BCUT2D eigenvalue weighted by atomic mass is 16.3. The van der Waals surface area contributed by atoms with Crippen molar-refractivity contribution in [3.63, 3.8) is 0 Å². The number of aryl methyl sites for hydroxylation is 1. The van der Waals surface area contributed by atoms with Gasteiger partial charge in [-0.05, 0) is 31.5 Å². The lowest BCUT2D eigenvalue weighted by Gasteiger charge is -2.17. The first kappa shape index (κ1) is 14.4. The molecule has 0 saturated carbocycles. The molecule has 0 amide bonds. The van der Waals surface area contributed by atoms with E-state index >= 15 is 0 Å². The average molecular weight is 273 g/mol. The van der Waals surface area contributed by atoms with E-state index in [-0.39, 0.29) is 18.4 Å². The predicted octanol–water partition coefficient (Wildman–Crippen LogP) is 1.83. The van der Waals surface area contributed by atoms with Crippen molar-refractivity contribution in [3.8, 4) is 5.75 Å². The second kappa shape index (κ2) is 6.45. The molecule has 106 valence electrons. The van der Waals surface area contributed by atoms with Crippen LogP contribution in [0.5, 0.6) is 5.75 Å². The molecule has 2 rings (SSSR count). The van der Waals surface area contributed by atoms with E-state index in [1.807, 2.05) is 19.1 Å². The quantitative estimate of drug-likeness (QED) is 0.774. The lowest BCUT2D eigenvalue weighted by molar-refractivity contribution is 0.278. The molecule has 2 heterocycles. The van der Waals surface area contributed by atoms with E-state index in [2.05, 4.69) is 15.3 Å². The van der Waals surface area contributed by atoms with Gasteiger partial charge in [0, 0.05) is 42.3 Å². The topological polar surface area (TPSA) is 78.3 Å². The Morgan fingerprint density at radius 1 is 1.30 bits per heavy atom. The van der Waals surface area contributed by atoms with Crippen LogP contribution in [-0.4, -0.2) is 20.2 Å². The molecule has 1 unspecified atom stereocenters. The third kappa shape index (κ3) is 3.12. The van der Waals surface area contributed by atoms with Crippen molar-refractivity contribution in [3.05, 3.63) is 53.1 Å². The van der Waals surface area contributed by atoms with Crippen molar-refractivity contribution in [2.45, 2.75) is 33.0 Å². The Labute approximate surface area is 118 Å². The highest BCUT2D eigenvalue weighted by Crippen LogP contribution is 2.24. The van der Waals surface area contributed by atoms with Gasteiger partial charge < -0.3 is 15.5 Å². The van der Waals surface area contributed by atoms with Crippen molar-refractivity contribution >= 4 is 0 Å². The summed E-state index contributed by atoms with van der Waals surface area (Å²) in [5.74, 6) is 0.144. The van der Waals surface area contributed by atoms with E-state index in [0.29, 0.717) is 23.4 Å². The van der Waals surface area contributed by atoms with Crippen LogP contribution in [0.1, 0.15) is 35.3 Å². The van der Waals surface area contributed by atoms with Gasteiger partial charge in [0.25, 0.3) is 0 Å². The zero-order valence-corrected chi connectivity index (χ0v) is 11.7. The number of nitrogens with zero attached hydrogens (tertiary/aromatic N) is 2. The van der Waals surface area contributed by atoms with E-state index in [9.17, 15) is 10.2 Å². The van der Waals surface area contributed by atoms with Gasteiger partial charge in [0.2, 0.25) is 0 Å². The SMILES string of the molecule is Cc1ncc(CO)c(CNC(C)c2ccncc2)c1O. The standard InChI is InChI=1S/C15H19N3O2/c1-10(12-3-5-16-6-4-12)18-8-14-13(9-19)7-17-11(2)15(14)20/h3-7,10,18-20H,8-9H2,1-2H3. The van der Waals surface area contributed by atoms with Crippen LogP contribution in [0.25, 0.3) is 0 Å². The largest absolute Gasteiger partial charge is 0.506 e. The fourth-order valence-corrected chi connectivity index (χ4v) is 2.04. The number of aliphatic hydroxyl groups excluding tert-OH is 1. The van der Waals surface area contributed by atoms with Gasteiger partial charge in [-0.15, -0.1) is 0 Å². The Bertz CT molecular complexity index is 573. The van der Waals surface area contributed by atoms with Crippen LogP contribution < -0.4 is 5.32 Å². The first-order valence-corrected chi connectivity index (χ1v) is 6.54. The number of pyridine rings is 2. The number of nitrogens with one attached hydrogen (secondary N) is 1. The molecule has 0 spiro atoms. The van der Waals surface area contributed by atoms with E-state index in [1.165, 1.54) is 0 Å². The molecule has 0 aliphatic rings. The van der Waals surface area contributed by atoms with Gasteiger partial charge in [0.05, 0.1) is 12.3 Å².